The third-order valence-electron chi connectivity index (χ3n) is 2.95. The molecule has 0 aromatic heterocycles. The van der Waals surface area contributed by atoms with Gasteiger partial charge in [0.1, 0.15) is 0 Å². The summed E-state index contributed by atoms with van der Waals surface area (Å²) in [7, 11) is 0. The molecule has 1 atom stereocenters. The van der Waals surface area contributed by atoms with Gasteiger partial charge in [-0.05, 0) is 42.3 Å². The van der Waals surface area contributed by atoms with E-state index in [2.05, 4.69) is 5.43 Å². The summed E-state index contributed by atoms with van der Waals surface area (Å²) in [5.41, 5.74) is 3.94. The molecule has 3 N–H and O–H groups in total. The summed E-state index contributed by atoms with van der Waals surface area (Å²) in [6.45, 7) is 0. The van der Waals surface area contributed by atoms with Crippen molar-refractivity contribution in [3.63, 3.8) is 0 Å². The summed E-state index contributed by atoms with van der Waals surface area (Å²) in [6.07, 6.45) is 0.779. The molecule has 0 aliphatic carbocycles. The second-order valence-electron chi connectivity index (χ2n) is 4.58. The van der Waals surface area contributed by atoms with Gasteiger partial charge in [0.25, 0.3) is 0 Å². The fraction of sp³-hybridized carbons (Fsp3) is 0.200. The Labute approximate surface area is 143 Å². The fourth-order valence-corrected chi connectivity index (χ4v) is 3.44. The first-order valence-corrected chi connectivity index (χ1v) is 8.49. The van der Waals surface area contributed by atoms with Crippen molar-refractivity contribution >= 4 is 46.6 Å². The molecular weight excluding hydrogens is 347 g/mol. The Balaban J connectivity index is 1.95. The number of thioether (sulfide) groups is 1. The first-order valence-electron chi connectivity index (χ1n) is 6.37. The summed E-state index contributed by atoms with van der Waals surface area (Å²) in [5.74, 6) is 6.46. The second-order valence-corrected chi connectivity index (χ2v) is 6.93. The van der Waals surface area contributed by atoms with Gasteiger partial charge in [-0.1, -0.05) is 46.9 Å². The van der Waals surface area contributed by atoms with Crippen molar-refractivity contribution in [1.29, 1.82) is 0 Å². The first-order chi connectivity index (χ1) is 10.1. The van der Waals surface area contributed by atoms with Crippen molar-refractivity contribution < 1.29 is 0 Å². The van der Waals surface area contributed by atoms with Crippen molar-refractivity contribution in [3.05, 3.63) is 63.1 Å². The van der Waals surface area contributed by atoms with E-state index in [0.29, 0.717) is 10.0 Å². The molecule has 6 heteroatoms. The fourth-order valence-electron chi connectivity index (χ4n) is 1.87. The van der Waals surface area contributed by atoms with Crippen LogP contribution in [0.15, 0.2) is 47.4 Å². The number of halogens is 3. The standard InChI is InChI=1S/C15H15Cl3N2S/c16-11-2-1-3-13(8-11)21-9-12(20-19)6-10-4-5-14(17)15(18)7-10/h1-5,7-8,12,20H,6,9,19H2. The van der Waals surface area contributed by atoms with Crippen LogP contribution in [0.4, 0.5) is 0 Å². The van der Waals surface area contributed by atoms with Crippen molar-refractivity contribution in [2.45, 2.75) is 17.4 Å². The SMILES string of the molecule is NNC(CSc1cccc(Cl)c1)Cc1ccc(Cl)c(Cl)c1. The molecule has 0 heterocycles. The van der Waals surface area contributed by atoms with Gasteiger partial charge < -0.3 is 0 Å². The van der Waals surface area contributed by atoms with Crippen LogP contribution < -0.4 is 11.3 Å². The van der Waals surface area contributed by atoms with Gasteiger partial charge >= 0.3 is 0 Å². The van der Waals surface area contributed by atoms with E-state index in [1.165, 1.54) is 0 Å². The van der Waals surface area contributed by atoms with Crippen LogP contribution in [0.3, 0.4) is 0 Å². The van der Waals surface area contributed by atoms with Crippen molar-refractivity contribution in [2.75, 3.05) is 5.75 Å². The summed E-state index contributed by atoms with van der Waals surface area (Å²) in [6, 6.07) is 13.5. The van der Waals surface area contributed by atoms with Gasteiger partial charge in [0, 0.05) is 21.7 Å². The van der Waals surface area contributed by atoms with Crippen LogP contribution in [-0.2, 0) is 6.42 Å². The molecule has 2 rings (SSSR count). The van der Waals surface area contributed by atoms with Crippen molar-refractivity contribution in [1.82, 2.24) is 5.43 Å². The topological polar surface area (TPSA) is 38.0 Å². The molecular formula is C15H15Cl3N2S. The highest BCUT2D eigenvalue weighted by Gasteiger charge is 2.10. The average molecular weight is 362 g/mol. The van der Waals surface area contributed by atoms with Crippen LogP contribution in [0, 0.1) is 0 Å². The van der Waals surface area contributed by atoms with Gasteiger partial charge in [-0.3, -0.25) is 11.3 Å². The summed E-state index contributed by atoms with van der Waals surface area (Å²) >= 11 is 19.6. The second kappa shape index (κ2) is 8.28. The van der Waals surface area contributed by atoms with E-state index >= 15 is 0 Å². The molecule has 0 amide bonds. The van der Waals surface area contributed by atoms with Gasteiger partial charge in [0.05, 0.1) is 10.0 Å². The van der Waals surface area contributed by atoms with Crippen molar-refractivity contribution in [2.24, 2.45) is 5.84 Å². The van der Waals surface area contributed by atoms with E-state index in [1.54, 1.807) is 17.8 Å². The molecule has 0 spiro atoms. The number of hydrazine groups is 1. The lowest BCUT2D eigenvalue weighted by molar-refractivity contribution is 0.575. The molecule has 0 bridgehead atoms. The zero-order chi connectivity index (χ0) is 15.2. The quantitative estimate of drug-likeness (QED) is 0.440. The third kappa shape index (κ3) is 5.37. The van der Waals surface area contributed by atoms with Gasteiger partial charge in [0.15, 0.2) is 0 Å². The van der Waals surface area contributed by atoms with Crippen molar-refractivity contribution in [3.8, 4) is 0 Å². The molecule has 1 unspecified atom stereocenters. The van der Waals surface area contributed by atoms with Gasteiger partial charge in [-0.25, -0.2) is 0 Å². The molecule has 0 aliphatic rings. The van der Waals surface area contributed by atoms with Crippen LogP contribution in [0.5, 0.6) is 0 Å². The Morgan fingerprint density at radius 2 is 1.86 bits per heavy atom. The van der Waals surface area contributed by atoms with Crippen LogP contribution in [-0.4, -0.2) is 11.8 Å². The van der Waals surface area contributed by atoms with E-state index in [9.17, 15) is 0 Å². The molecule has 112 valence electrons. The highest BCUT2D eigenvalue weighted by molar-refractivity contribution is 7.99. The number of hydrogen-bond donors (Lipinski definition) is 2. The number of benzene rings is 2. The molecule has 0 saturated carbocycles. The highest BCUT2D eigenvalue weighted by atomic mass is 35.5. The Hall–Kier alpha value is -0.420. The molecule has 0 aliphatic heterocycles. The van der Waals surface area contributed by atoms with E-state index in [-0.39, 0.29) is 6.04 Å². The molecule has 0 fully saturated rings. The Morgan fingerprint density at radius 3 is 2.52 bits per heavy atom. The number of hydrogen-bond acceptors (Lipinski definition) is 3. The Morgan fingerprint density at radius 1 is 1.05 bits per heavy atom. The summed E-state index contributed by atoms with van der Waals surface area (Å²) in [5, 5.41) is 1.86. The molecule has 2 aromatic carbocycles. The minimum atomic E-state index is 0.131. The number of nitrogens with one attached hydrogen (secondary N) is 1. The number of nitrogens with two attached hydrogens (primary N) is 1. The average Bonchev–Trinajstić information content (AvgIpc) is 2.47. The molecule has 2 aromatic rings. The van der Waals surface area contributed by atoms with E-state index < -0.39 is 0 Å². The van der Waals surface area contributed by atoms with E-state index in [4.69, 9.17) is 40.6 Å². The summed E-state index contributed by atoms with van der Waals surface area (Å²) in [4.78, 5) is 1.12. The maximum absolute atomic E-state index is 6.03. The number of rotatable bonds is 6. The maximum Gasteiger partial charge on any atom is 0.0595 e. The normalized spacial score (nSPS) is 12.4. The predicted molar refractivity (Wildman–Crippen MR) is 93.5 cm³/mol. The minimum Gasteiger partial charge on any atom is -0.271 e. The Bertz CT molecular complexity index is 607. The molecule has 21 heavy (non-hydrogen) atoms. The maximum atomic E-state index is 6.03. The third-order valence-corrected chi connectivity index (χ3v) is 5.08. The van der Waals surface area contributed by atoms with E-state index in [1.807, 2.05) is 36.4 Å². The van der Waals surface area contributed by atoms with Crippen LogP contribution in [0.1, 0.15) is 5.56 Å². The largest absolute Gasteiger partial charge is 0.271 e. The molecule has 0 saturated heterocycles. The molecule has 2 nitrogen and oxygen atoms in total. The van der Waals surface area contributed by atoms with Gasteiger partial charge in [-0.15, -0.1) is 11.8 Å². The zero-order valence-corrected chi connectivity index (χ0v) is 14.2. The monoisotopic (exact) mass is 360 g/mol. The van der Waals surface area contributed by atoms with Crippen LogP contribution in [0.2, 0.25) is 15.1 Å². The lowest BCUT2D eigenvalue weighted by Crippen LogP contribution is -2.38. The Kier molecular flexibility index (Phi) is 6.68. The lowest BCUT2D eigenvalue weighted by atomic mass is 10.1. The smallest absolute Gasteiger partial charge is 0.0595 e. The highest BCUT2D eigenvalue weighted by Crippen LogP contribution is 2.25. The summed E-state index contributed by atoms with van der Waals surface area (Å²) < 4.78 is 0. The van der Waals surface area contributed by atoms with Gasteiger partial charge in [0.2, 0.25) is 0 Å². The predicted octanol–water partition coefficient (Wildman–Crippen LogP) is 4.81. The zero-order valence-electron chi connectivity index (χ0n) is 11.2. The van der Waals surface area contributed by atoms with E-state index in [0.717, 1.165) is 27.7 Å². The van der Waals surface area contributed by atoms with Crippen LogP contribution in [0.25, 0.3) is 0 Å². The first kappa shape index (κ1) is 16.9. The van der Waals surface area contributed by atoms with Gasteiger partial charge in [-0.2, -0.15) is 0 Å². The lowest BCUT2D eigenvalue weighted by Gasteiger charge is -2.16. The van der Waals surface area contributed by atoms with Crippen LogP contribution >= 0.6 is 46.6 Å². The molecule has 0 radical (unpaired) electrons. The minimum absolute atomic E-state index is 0.131.